The van der Waals surface area contributed by atoms with Crippen molar-refractivity contribution in [3.63, 3.8) is 0 Å². The molecule has 0 spiro atoms. The highest BCUT2D eigenvalue weighted by molar-refractivity contribution is 8.00. The van der Waals surface area contributed by atoms with Gasteiger partial charge in [0.2, 0.25) is 0 Å². The fourth-order valence-electron chi connectivity index (χ4n) is 2.95. The molecule has 82 valence electrons. The van der Waals surface area contributed by atoms with Crippen LogP contribution < -0.4 is 5.73 Å². The molecule has 0 aromatic rings. The van der Waals surface area contributed by atoms with E-state index in [0.717, 1.165) is 5.92 Å². The summed E-state index contributed by atoms with van der Waals surface area (Å²) in [5.74, 6) is 2.28. The van der Waals surface area contributed by atoms with Crippen LogP contribution in [-0.4, -0.2) is 16.5 Å². The van der Waals surface area contributed by atoms with Crippen molar-refractivity contribution in [3.05, 3.63) is 0 Å². The van der Waals surface area contributed by atoms with Crippen LogP contribution in [0, 0.1) is 5.92 Å². The number of nitrogens with two attached hydrogens (primary N) is 1. The van der Waals surface area contributed by atoms with E-state index < -0.39 is 0 Å². The average Bonchev–Trinajstić information content (AvgIpc) is 2.76. The second-order valence-electron chi connectivity index (χ2n) is 5.26. The van der Waals surface area contributed by atoms with E-state index in [0.29, 0.717) is 10.8 Å². The summed E-state index contributed by atoms with van der Waals surface area (Å²) in [6.45, 7) is 2.38. The number of thioether (sulfide) groups is 1. The number of hydrogen-bond acceptors (Lipinski definition) is 2. The number of rotatable bonds is 3. The lowest BCUT2D eigenvalue weighted by molar-refractivity contribution is 0.379. The van der Waals surface area contributed by atoms with Crippen molar-refractivity contribution >= 4 is 11.8 Å². The summed E-state index contributed by atoms with van der Waals surface area (Å²) >= 11 is 2.11. The molecule has 0 amide bonds. The molecule has 0 aromatic heterocycles. The maximum Gasteiger partial charge on any atom is 0.0283 e. The van der Waals surface area contributed by atoms with Gasteiger partial charge in [-0.05, 0) is 37.9 Å². The van der Waals surface area contributed by atoms with Crippen molar-refractivity contribution in [1.29, 1.82) is 0 Å². The molecule has 2 fully saturated rings. The van der Waals surface area contributed by atoms with E-state index in [1.807, 2.05) is 0 Å². The molecular weight excluding hydrogens is 190 g/mol. The fraction of sp³-hybridized carbons (Fsp3) is 1.00. The Morgan fingerprint density at radius 3 is 2.64 bits per heavy atom. The van der Waals surface area contributed by atoms with Crippen LogP contribution in [0.25, 0.3) is 0 Å². The molecule has 1 aliphatic heterocycles. The molecule has 14 heavy (non-hydrogen) atoms. The zero-order valence-electron chi connectivity index (χ0n) is 9.30. The highest BCUT2D eigenvalue weighted by Crippen LogP contribution is 2.42. The van der Waals surface area contributed by atoms with Crippen LogP contribution in [-0.2, 0) is 0 Å². The van der Waals surface area contributed by atoms with Gasteiger partial charge in [0.25, 0.3) is 0 Å². The second kappa shape index (κ2) is 4.44. The third-order valence-corrected chi connectivity index (χ3v) is 5.75. The summed E-state index contributed by atoms with van der Waals surface area (Å²) < 4.78 is 0.405. The lowest BCUT2D eigenvalue weighted by Crippen LogP contribution is -2.42. The van der Waals surface area contributed by atoms with Gasteiger partial charge in [-0.1, -0.05) is 25.7 Å². The van der Waals surface area contributed by atoms with Gasteiger partial charge in [-0.2, -0.15) is 11.8 Å². The predicted molar refractivity (Wildman–Crippen MR) is 64.6 cm³/mol. The molecule has 2 heteroatoms. The summed E-state index contributed by atoms with van der Waals surface area (Å²) in [7, 11) is 0. The van der Waals surface area contributed by atoms with Crippen molar-refractivity contribution < 1.29 is 0 Å². The van der Waals surface area contributed by atoms with Gasteiger partial charge in [0.15, 0.2) is 0 Å². The Kier molecular flexibility index (Phi) is 3.43. The Bertz CT molecular complexity index is 181. The lowest BCUT2D eigenvalue weighted by atomic mass is 9.88. The molecular formula is C12H23NS. The Morgan fingerprint density at radius 1 is 1.36 bits per heavy atom. The van der Waals surface area contributed by atoms with Gasteiger partial charge in [0.05, 0.1) is 0 Å². The summed E-state index contributed by atoms with van der Waals surface area (Å²) in [6, 6.07) is 0.443. The zero-order chi connectivity index (χ0) is 10.0. The maximum absolute atomic E-state index is 6.37. The van der Waals surface area contributed by atoms with E-state index in [-0.39, 0.29) is 0 Å². The molecule has 0 radical (unpaired) electrons. The summed E-state index contributed by atoms with van der Waals surface area (Å²) in [5.41, 5.74) is 6.37. The van der Waals surface area contributed by atoms with Crippen LogP contribution in [0.15, 0.2) is 0 Å². The lowest BCUT2D eigenvalue weighted by Gasteiger charge is -2.32. The van der Waals surface area contributed by atoms with Gasteiger partial charge in [-0.3, -0.25) is 0 Å². The number of hydrogen-bond donors (Lipinski definition) is 1. The topological polar surface area (TPSA) is 26.0 Å². The Hall–Kier alpha value is 0.310. The molecule has 2 N–H and O–H groups in total. The van der Waals surface area contributed by atoms with Gasteiger partial charge >= 0.3 is 0 Å². The van der Waals surface area contributed by atoms with Gasteiger partial charge in [0, 0.05) is 10.8 Å². The monoisotopic (exact) mass is 213 g/mol. The first kappa shape index (κ1) is 10.8. The molecule has 1 nitrogen and oxygen atoms in total. The fourth-order valence-corrected chi connectivity index (χ4v) is 4.30. The SMILES string of the molecule is CC1(C(N)CC2CCCC2)CCCS1. The molecule has 2 atom stereocenters. The molecule has 2 aliphatic rings. The Labute approximate surface area is 92.2 Å². The molecule has 1 saturated heterocycles. The van der Waals surface area contributed by atoms with Crippen molar-refractivity contribution in [1.82, 2.24) is 0 Å². The zero-order valence-corrected chi connectivity index (χ0v) is 10.1. The first-order valence-corrected chi connectivity index (χ1v) is 7.09. The largest absolute Gasteiger partial charge is 0.326 e. The maximum atomic E-state index is 6.37. The normalized spacial score (nSPS) is 36.4. The van der Waals surface area contributed by atoms with Gasteiger partial charge < -0.3 is 5.73 Å². The second-order valence-corrected chi connectivity index (χ2v) is 6.89. The van der Waals surface area contributed by atoms with Crippen molar-refractivity contribution in [2.24, 2.45) is 11.7 Å². The third kappa shape index (κ3) is 2.27. The minimum atomic E-state index is 0.405. The standard InChI is InChI=1S/C12H23NS/c1-12(7-4-8-14-12)11(13)9-10-5-2-3-6-10/h10-11H,2-9,13H2,1H3. The van der Waals surface area contributed by atoms with Crippen LogP contribution in [0.4, 0.5) is 0 Å². The van der Waals surface area contributed by atoms with Crippen LogP contribution in [0.3, 0.4) is 0 Å². The molecule has 1 heterocycles. The molecule has 2 unspecified atom stereocenters. The summed E-state index contributed by atoms with van der Waals surface area (Å²) in [5, 5.41) is 0. The van der Waals surface area contributed by atoms with Gasteiger partial charge in [-0.15, -0.1) is 0 Å². The van der Waals surface area contributed by atoms with E-state index in [9.17, 15) is 0 Å². The molecule has 1 saturated carbocycles. The molecule has 0 bridgehead atoms. The van der Waals surface area contributed by atoms with Crippen LogP contribution >= 0.6 is 11.8 Å². The summed E-state index contributed by atoms with van der Waals surface area (Å²) in [4.78, 5) is 0. The van der Waals surface area contributed by atoms with Crippen LogP contribution in [0.5, 0.6) is 0 Å². The van der Waals surface area contributed by atoms with Crippen molar-refractivity contribution in [2.45, 2.75) is 62.7 Å². The minimum absolute atomic E-state index is 0.405. The Morgan fingerprint density at radius 2 is 2.07 bits per heavy atom. The molecule has 0 aromatic carbocycles. The predicted octanol–water partition coefficient (Wildman–Crippen LogP) is 3.18. The highest BCUT2D eigenvalue weighted by Gasteiger charge is 2.36. The van der Waals surface area contributed by atoms with E-state index in [2.05, 4.69) is 18.7 Å². The first-order chi connectivity index (χ1) is 6.71. The van der Waals surface area contributed by atoms with E-state index in [4.69, 9.17) is 5.73 Å². The third-order valence-electron chi connectivity index (χ3n) is 4.10. The molecule has 2 rings (SSSR count). The van der Waals surface area contributed by atoms with E-state index >= 15 is 0 Å². The van der Waals surface area contributed by atoms with E-state index in [1.54, 1.807) is 0 Å². The highest BCUT2D eigenvalue weighted by atomic mass is 32.2. The van der Waals surface area contributed by atoms with Gasteiger partial charge in [0.1, 0.15) is 0 Å². The minimum Gasteiger partial charge on any atom is -0.326 e. The van der Waals surface area contributed by atoms with E-state index in [1.165, 1.54) is 50.7 Å². The average molecular weight is 213 g/mol. The molecule has 1 aliphatic carbocycles. The van der Waals surface area contributed by atoms with Crippen molar-refractivity contribution in [2.75, 3.05) is 5.75 Å². The van der Waals surface area contributed by atoms with Crippen molar-refractivity contribution in [3.8, 4) is 0 Å². The quantitative estimate of drug-likeness (QED) is 0.779. The van der Waals surface area contributed by atoms with Crippen LogP contribution in [0.2, 0.25) is 0 Å². The smallest absolute Gasteiger partial charge is 0.0283 e. The summed E-state index contributed by atoms with van der Waals surface area (Å²) in [6.07, 6.45) is 9.76. The Balaban J connectivity index is 1.84. The first-order valence-electron chi connectivity index (χ1n) is 6.10. The van der Waals surface area contributed by atoms with Gasteiger partial charge in [-0.25, -0.2) is 0 Å². The van der Waals surface area contributed by atoms with Crippen LogP contribution in [0.1, 0.15) is 51.9 Å².